The topological polar surface area (TPSA) is 58.4 Å². The van der Waals surface area contributed by atoms with Crippen molar-refractivity contribution in [1.29, 1.82) is 0 Å². The van der Waals surface area contributed by atoms with Crippen LogP contribution in [0.25, 0.3) is 0 Å². The molecular formula is C12H23N3O. The van der Waals surface area contributed by atoms with Crippen molar-refractivity contribution >= 4 is 6.03 Å². The largest absolute Gasteiger partial charge is 0.335 e. The van der Waals surface area contributed by atoms with Crippen molar-refractivity contribution in [3.8, 4) is 0 Å². The summed E-state index contributed by atoms with van der Waals surface area (Å²) < 4.78 is 0. The number of rotatable bonds is 4. The van der Waals surface area contributed by atoms with Gasteiger partial charge in [-0.3, -0.25) is 0 Å². The first-order valence-electron chi connectivity index (χ1n) is 6.50. The summed E-state index contributed by atoms with van der Waals surface area (Å²) in [5.74, 6) is 0. The minimum absolute atomic E-state index is 0.0618. The van der Waals surface area contributed by atoms with Crippen LogP contribution in [0.15, 0.2) is 0 Å². The van der Waals surface area contributed by atoms with Gasteiger partial charge < -0.3 is 16.0 Å². The summed E-state index contributed by atoms with van der Waals surface area (Å²) >= 11 is 0. The van der Waals surface area contributed by atoms with Gasteiger partial charge >= 0.3 is 6.03 Å². The second-order valence-corrected chi connectivity index (χ2v) is 5.10. The molecule has 0 aromatic carbocycles. The monoisotopic (exact) mass is 225 g/mol. The van der Waals surface area contributed by atoms with Gasteiger partial charge in [-0.25, -0.2) is 4.79 Å². The molecule has 0 aliphatic heterocycles. The van der Waals surface area contributed by atoms with Crippen LogP contribution >= 0.6 is 0 Å². The Morgan fingerprint density at radius 3 is 2.50 bits per heavy atom. The highest BCUT2D eigenvalue weighted by molar-refractivity contribution is 5.76. The summed E-state index contributed by atoms with van der Waals surface area (Å²) in [5, 5.41) is 3.07. The van der Waals surface area contributed by atoms with Crippen molar-refractivity contribution in [2.24, 2.45) is 5.73 Å². The molecule has 4 nitrogen and oxygen atoms in total. The average Bonchev–Trinajstić information content (AvgIpc) is 2.96. The Balaban J connectivity index is 2.03. The van der Waals surface area contributed by atoms with Crippen molar-refractivity contribution in [3.63, 3.8) is 0 Å². The fourth-order valence-electron chi connectivity index (χ4n) is 2.79. The number of nitrogens with zero attached hydrogens (tertiary/aromatic N) is 1. The third kappa shape index (κ3) is 2.17. The third-order valence-corrected chi connectivity index (χ3v) is 3.95. The average molecular weight is 225 g/mol. The van der Waals surface area contributed by atoms with Crippen molar-refractivity contribution in [2.45, 2.75) is 57.0 Å². The number of urea groups is 1. The number of hydrogen-bond donors (Lipinski definition) is 2. The molecule has 2 rings (SSSR count). The molecule has 0 unspecified atom stereocenters. The van der Waals surface area contributed by atoms with E-state index in [4.69, 9.17) is 5.73 Å². The van der Waals surface area contributed by atoms with E-state index < -0.39 is 0 Å². The van der Waals surface area contributed by atoms with Crippen LogP contribution in [0.1, 0.15) is 45.4 Å². The number of nitrogens with two attached hydrogens (primary N) is 1. The lowest BCUT2D eigenvalue weighted by molar-refractivity contribution is 0.124. The lowest BCUT2D eigenvalue weighted by Crippen LogP contribution is -2.57. The van der Waals surface area contributed by atoms with Gasteiger partial charge in [0, 0.05) is 19.1 Å². The van der Waals surface area contributed by atoms with Crippen LogP contribution in [0.2, 0.25) is 0 Å². The van der Waals surface area contributed by atoms with Crippen LogP contribution in [0.4, 0.5) is 4.79 Å². The van der Waals surface area contributed by atoms with Crippen LogP contribution < -0.4 is 11.1 Å². The van der Waals surface area contributed by atoms with Crippen LogP contribution in [0.3, 0.4) is 0 Å². The lowest BCUT2D eigenvalue weighted by Gasteiger charge is -2.40. The zero-order valence-corrected chi connectivity index (χ0v) is 10.2. The Morgan fingerprint density at radius 1 is 1.44 bits per heavy atom. The number of nitrogens with one attached hydrogen (secondary N) is 1. The van der Waals surface area contributed by atoms with E-state index in [0.29, 0.717) is 12.6 Å². The number of likely N-dealkylation sites (N-methyl/N-ethyl adjacent to an activating group) is 1. The normalized spacial score (nSPS) is 23.1. The van der Waals surface area contributed by atoms with Gasteiger partial charge in [-0.1, -0.05) is 12.8 Å². The van der Waals surface area contributed by atoms with Crippen LogP contribution in [0, 0.1) is 0 Å². The molecule has 0 aromatic rings. The van der Waals surface area contributed by atoms with E-state index in [1.807, 2.05) is 11.8 Å². The van der Waals surface area contributed by atoms with E-state index in [1.165, 1.54) is 12.8 Å². The maximum absolute atomic E-state index is 12.1. The van der Waals surface area contributed by atoms with Crippen molar-refractivity contribution in [1.82, 2.24) is 10.2 Å². The Hall–Kier alpha value is -0.770. The number of carbonyl (C=O) groups excluding carboxylic acids is 1. The second kappa shape index (κ2) is 4.62. The van der Waals surface area contributed by atoms with Gasteiger partial charge in [-0.2, -0.15) is 0 Å². The van der Waals surface area contributed by atoms with E-state index in [1.54, 1.807) is 0 Å². The second-order valence-electron chi connectivity index (χ2n) is 5.10. The highest BCUT2D eigenvalue weighted by Crippen LogP contribution is 2.34. The molecule has 4 heteroatoms. The van der Waals surface area contributed by atoms with Crippen molar-refractivity contribution in [2.75, 3.05) is 13.1 Å². The van der Waals surface area contributed by atoms with E-state index in [2.05, 4.69) is 5.32 Å². The molecule has 0 aromatic heterocycles. The van der Waals surface area contributed by atoms with E-state index in [0.717, 1.165) is 32.2 Å². The van der Waals surface area contributed by atoms with Gasteiger partial charge in [-0.05, 0) is 32.6 Å². The highest BCUT2D eigenvalue weighted by Gasteiger charge is 2.41. The minimum atomic E-state index is -0.0618. The minimum Gasteiger partial charge on any atom is -0.335 e. The van der Waals surface area contributed by atoms with Gasteiger partial charge in [0.1, 0.15) is 0 Å². The van der Waals surface area contributed by atoms with E-state index >= 15 is 0 Å². The van der Waals surface area contributed by atoms with Crippen LogP contribution in [-0.4, -0.2) is 35.6 Å². The Labute approximate surface area is 97.6 Å². The van der Waals surface area contributed by atoms with Crippen molar-refractivity contribution in [3.05, 3.63) is 0 Å². The smallest absolute Gasteiger partial charge is 0.318 e. The maximum Gasteiger partial charge on any atom is 0.318 e. The van der Waals surface area contributed by atoms with E-state index in [9.17, 15) is 4.79 Å². The number of hydrogen-bond acceptors (Lipinski definition) is 2. The molecule has 0 heterocycles. The van der Waals surface area contributed by atoms with Crippen LogP contribution in [0.5, 0.6) is 0 Å². The van der Waals surface area contributed by atoms with Gasteiger partial charge in [-0.15, -0.1) is 0 Å². The molecule has 2 saturated carbocycles. The first-order chi connectivity index (χ1) is 7.72. The molecular weight excluding hydrogens is 202 g/mol. The number of amides is 2. The molecule has 16 heavy (non-hydrogen) atoms. The highest BCUT2D eigenvalue weighted by atomic mass is 16.2. The quantitative estimate of drug-likeness (QED) is 0.761. The fourth-order valence-corrected chi connectivity index (χ4v) is 2.79. The van der Waals surface area contributed by atoms with E-state index in [-0.39, 0.29) is 11.6 Å². The van der Waals surface area contributed by atoms with Crippen molar-refractivity contribution < 1.29 is 4.79 Å². The summed E-state index contributed by atoms with van der Waals surface area (Å²) in [6.45, 7) is 3.40. The molecule has 0 bridgehead atoms. The zero-order valence-electron chi connectivity index (χ0n) is 10.2. The Bertz CT molecular complexity index is 257. The van der Waals surface area contributed by atoms with Gasteiger partial charge in [0.05, 0.1) is 5.54 Å². The third-order valence-electron chi connectivity index (χ3n) is 3.95. The van der Waals surface area contributed by atoms with Crippen LogP contribution in [-0.2, 0) is 0 Å². The molecule has 0 atom stereocenters. The van der Waals surface area contributed by atoms with Gasteiger partial charge in [0.2, 0.25) is 0 Å². The summed E-state index contributed by atoms with van der Waals surface area (Å²) in [6, 6.07) is 0.523. The number of carbonyl (C=O) groups is 1. The molecule has 0 spiro atoms. The SMILES string of the molecule is CCN(C(=O)NC1CC1)C1(CN)CCCC1. The lowest BCUT2D eigenvalue weighted by atomic mass is 9.95. The first-order valence-corrected chi connectivity index (χ1v) is 6.50. The maximum atomic E-state index is 12.1. The predicted molar refractivity (Wildman–Crippen MR) is 64.2 cm³/mol. The summed E-state index contributed by atoms with van der Waals surface area (Å²) in [5.41, 5.74) is 5.85. The molecule has 0 radical (unpaired) electrons. The molecule has 2 fully saturated rings. The van der Waals surface area contributed by atoms with Gasteiger partial charge in [0.15, 0.2) is 0 Å². The molecule has 3 N–H and O–H groups in total. The molecule has 2 aliphatic carbocycles. The zero-order chi connectivity index (χ0) is 11.6. The predicted octanol–water partition coefficient (Wildman–Crippen LogP) is 1.45. The molecule has 2 amide bonds. The Kier molecular flexibility index (Phi) is 3.38. The molecule has 2 aliphatic rings. The standard InChI is InChI=1S/C12H23N3O/c1-2-15(11(16)14-10-5-6-10)12(9-13)7-3-4-8-12/h10H,2-9,13H2,1H3,(H,14,16). The fraction of sp³-hybridized carbons (Fsp3) is 0.917. The molecule has 0 saturated heterocycles. The summed E-state index contributed by atoms with van der Waals surface area (Å²) in [7, 11) is 0. The Morgan fingerprint density at radius 2 is 2.06 bits per heavy atom. The summed E-state index contributed by atoms with van der Waals surface area (Å²) in [6.07, 6.45) is 6.80. The molecule has 92 valence electrons. The first kappa shape index (κ1) is 11.7. The van der Waals surface area contributed by atoms with Gasteiger partial charge in [0.25, 0.3) is 0 Å². The summed E-state index contributed by atoms with van der Waals surface area (Å²) in [4.78, 5) is 14.1.